The van der Waals surface area contributed by atoms with Crippen molar-refractivity contribution in [3.63, 3.8) is 0 Å². The first-order valence-corrected chi connectivity index (χ1v) is 17.8. The van der Waals surface area contributed by atoms with E-state index >= 15 is 0 Å². The van der Waals surface area contributed by atoms with E-state index in [0.717, 1.165) is 74.3 Å². The molecule has 3 aliphatic rings. The SMILES string of the molecule is BN1CCC[C@H]1c1ncc(-c2ccc3c(c2)COc2cc4c(ccc5nc([C@@H]6C[C@H](COC)CN6C(=O)[C@@H](NC(=O)OC)C(C)C)[nH]c54)cc2-3)[nH]1. The number of hydrogen-bond donors (Lipinski definition) is 3. The zero-order valence-corrected chi connectivity index (χ0v) is 29.8. The predicted octanol–water partition coefficient (Wildman–Crippen LogP) is 5.27. The number of fused-ring (bicyclic) bond motifs is 6. The molecular formula is C38H44BN7O5. The van der Waals surface area contributed by atoms with Gasteiger partial charge in [0.25, 0.3) is 0 Å². The number of nitrogens with zero attached hydrogens (tertiary/aromatic N) is 4. The molecule has 0 saturated carbocycles. The van der Waals surface area contributed by atoms with Crippen molar-refractivity contribution in [2.75, 3.05) is 33.9 Å². The van der Waals surface area contributed by atoms with Crippen molar-refractivity contribution in [3.05, 3.63) is 65.9 Å². The van der Waals surface area contributed by atoms with Crippen LogP contribution < -0.4 is 10.1 Å². The van der Waals surface area contributed by atoms with E-state index in [1.165, 1.54) is 13.5 Å². The summed E-state index contributed by atoms with van der Waals surface area (Å²) in [6.45, 7) is 6.41. The van der Waals surface area contributed by atoms with Crippen LogP contribution in [0.5, 0.6) is 5.75 Å². The van der Waals surface area contributed by atoms with Crippen LogP contribution in [0.15, 0.2) is 48.7 Å². The van der Waals surface area contributed by atoms with Crippen LogP contribution in [0.4, 0.5) is 4.79 Å². The lowest BCUT2D eigenvalue weighted by Crippen LogP contribution is -2.51. The molecule has 3 N–H and O–H groups in total. The summed E-state index contributed by atoms with van der Waals surface area (Å²) in [4.78, 5) is 47.2. The maximum atomic E-state index is 14.0. The molecule has 5 aromatic rings. The van der Waals surface area contributed by atoms with Crippen LogP contribution in [0, 0.1) is 11.8 Å². The Labute approximate surface area is 297 Å². The number of ether oxygens (including phenoxy) is 3. The van der Waals surface area contributed by atoms with Crippen LogP contribution >= 0.6 is 0 Å². The zero-order chi connectivity index (χ0) is 35.4. The molecule has 0 aliphatic carbocycles. The Morgan fingerprint density at radius 1 is 1.08 bits per heavy atom. The summed E-state index contributed by atoms with van der Waals surface area (Å²) in [5.74, 6) is 2.40. The number of nitrogens with one attached hydrogen (secondary N) is 3. The highest BCUT2D eigenvalue weighted by atomic mass is 16.5. The molecular weight excluding hydrogens is 645 g/mol. The molecule has 3 aromatic carbocycles. The van der Waals surface area contributed by atoms with E-state index in [0.29, 0.717) is 38.0 Å². The molecule has 13 heteroatoms. The highest BCUT2D eigenvalue weighted by Gasteiger charge is 2.41. The molecule has 4 atom stereocenters. The highest BCUT2D eigenvalue weighted by Crippen LogP contribution is 2.43. The maximum Gasteiger partial charge on any atom is 0.407 e. The summed E-state index contributed by atoms with van der Waals surface area (Å²) in [6.07, 6.45) is 4.32. The molecule has 5 heterocycles. The number of aromatic amines is 2. The van der Waals surface area contributed by atoms with Gasteiger partial charge in [-0.25, -0.2) is 14.8 Å². The van der Waals surface area contributed by atoms with E-state index in [1.807, 2.05) is 31.0 Å². The summed E-state index contributed by atoms with van der Waals surface area (Å²) in [7, 11) is 5.13. The predicted molar refractivity (Wildman–Crippen MR) is 197 cm³/mol. The summed E-state index contributed by atoms with van der Waals surface area (Å²) >= 11 is 0. The molecule has 51 heavy (non-hydrogen) atoms. The van der Waals surface area contributed by atoms with Crippen LogP contribution in [0.1, 0.15) is 62.4 Å². The number of H-pyrrole nitrogens is 2. The Morgan fingerprint density at radius 2 is 1.94 bits per heavy atom. The fourth-order valence-electron chi connectivity index (χ4n) is 8.21. The van der Waals surface area contributed by atoms with Crippen molar-refractivity contribution >= 4 is 41.8 Å². The van der Waals surface area contributed by atoms with Gasteiger partial charge >= 0.3 is 6.09 Å². The molecule has 12 nitrogen and oxygen atoms in total. The largest absolute Gasteiger partial charge is 0.488 e. The van der Waals surface area contributed by atoms with Crippen molar-refractivity contribution in [3.8, 4) is 28.1 Å². The molecule has 0 radical (unpaired) electrons. The van der Waals surface area contributed by atoms with E-state index in [-0.39, 0.29) is 23.8 Å². The van der Waals surface area contributed by atoms with Crippen molar-refractivity contribution < 1.29 is 23.8 Å². The van der Waals surface area contributed by atoms with Crippen molar-refractivity contribution in [1.82, 2.24) is 35.0 Å². The molecule has 2 aromatic heterocycles. The highest BCUT2D eigenvalue weighted by molar-refractivity contribution is 6.07. The minimum Gasteiger partial charge on any atom is -0.488 e. The first-order valence-electron chi connectivity index (χ1n) is 17.8. The second kappa shape index (κ2) is 13.3. The Hall–Kier alpha value is -4.88. The van der Waals surface area contributed by atoms with Gasteiger partial charge in [-0.3, -0.25) is 4.79 Å². The summed E-state index contributed by atoms with van der Waals surface area (Å²) in [5.41, 5.74) is 7.18. The van der Waals surface area contributed by atoms with Gasteiger partial charge in [-0.05, 0) is 78.1 Å². The number of carbonyl (C=O) groups excluding carboxylic acids is 2. The molecule has 8 rings (SSSR count). The lowest BCUT2D eigenvalue weighted by atomic mass is 9.92. The maximum absolute atomic E-state index is 14.0. The number of aromatic nitrogens is 4. The second-order valence-electron chi connectivity index (χ2n) is 14.6. The van der Waals surface area contributed by atoms with Gasteiger partial charge in [0.15, 0.2) is 7.98 Å². The smallest absolute Gasteiger partial charge is 0.407 e. The third-order valence-corrected chi connectivity index (χ3v) is 10.9. The van der Waals surface area contributed by atoms with Crippen LogP contribution in [-0.2, 0) is 20.9 Å². The lowest BCUT2D eigenvalue weighted by molar-refractivity contribution is -0.135. The first kappa shape index (κ1) is 33.3. The topological polar surface area (TPSA) is 138 Å². The van der Waals surface area contributed by atoms with E-state index < -0.39 is 12.1 Å². The number of rotatable bonds is 8. The minimum atomic E-state index is -0.732. The van der Waals surface area contributed by atoms with Crippen LogP contribution in [0.3, 0.4) is 0 Å². The van der Waals surface area contributed by atoms with Gasteiger partial charge in [0, 0.05) is 30.5 Å². The van der Waals surface area contributed by atoms with Crippen LogP contribution in [-0.4, -0.2) is 89.6 Å². The van der Waals surface area contributed by atoms with Crippen molar-refractivity contribution in [2.24, 2.45) is 11.8 Å². The molecule has 0 spiro atoms. The minimum absolute atomic E-state index is 0.130. The number of imidazole rings is 2. The summed E-state index contributed by atoms with van der Waals surface area (Å²) in [5, 5.41) is 4.81. The van der Waals surface area contributed by atoms with Crippen molar-refractivity contribution in [1.29, 1.82) is 0 Å². The fraction of sp³-hybridized carbons (Fsp3) is 0.421. The number of benzene rings is 3. The number of methoxy groups -OCH3 is 2. The fourth-order valence-corrected chi connectivity index (χ4v) is 8.21. The number of alkyl carbamates (subject to hydrolysis) is 1. The third-order valence-electron chi connectivity index (χ3n) is 10.9. The summed E-state index contributed by atoms with van der Waals surface area (Å²) in [6, 6.07) is 14.3. The summed E-state index contributed by atoms with van der Waals surface area (Å²) < 4.78 is 16.7. The van der Waals surface area contributed by atoms with Crippen molar-refractivity contribution in [2.45, 2.75) is 57.8 Å². The Balaban J connectivity index is 1.10. The Morgan fingerprint density at radius 3 is 2.71 bits per heavy atom. The third kappa shape index (κ3) is 6.01. The van der Waals surface area contributed by atoms with Crippen LogP contribution in [0.25, 0.3) is 44.2 Å². The molecule has 0 bridgehead atoms. The van der Waals surface area contributed by atoms with E-state index in [9.17, 15) is 9.59 Å². The van der Waals surface area contributed by atoms with Gasteiger partial charge in [-0.15, -0.1) is 0 Å². The van der Waals surface area contributed by atoms with Gasteiger partial charge < -0.3 is 39.2 Å². The Bertz CT molecular complexity index is 2130. The van der Waals surface area contributed by atoms with Crippen LogP contribution in [0.2, 0.25) is 0 Å². The molecule has 264 valence electrons. The van der Waals surface area contributed by atoms with Gasteiger partial charge in [-0.2, -0.15) is 0 Å². The molecule has 2 saturated heterocycles. The number of likely N-dealkylation sites (tertiary alicyclic amines) is 1. The molecule has 2 amide bonds. The molecule has 3 aliphatic heterocycles. The zero-order valence-electron chi connectivity index (χ0n) is 29.8. The Kier molecular flexibility index (Phi) is 8.71. The van der Waals surface area contributed by atoms with E-state index in [4.69, 9.17) is 24.2 Å². The van der Waals surface area contributed by atoms with Gasteiger partial charge in [0.2, 0.25) is 5.91 Å². The molecule has 2 fully saturated rings. The average molecular weight is 690 g/mol. The lowest BCUT2D eigenvalue weighted by Gasteiger charge is -2.30. The molecule has 0 unspecified atom stereocenters. The quantitative estimate of drug-likeness (QED) is 0.188. The van der Waals surface area contributed by atoms with Gasteiger partial charge in [-0.1, -0.05) is 32.0 Å². The second-order valence-corrected chi connectivity index (χ2v) is 14.6. The number of hydrogen-bond acceptors (Lipinski definition) is 8. The van der Waals surface area contributed by atoms with Gasteiger partial charge in [0.1, 0.15) is 30.0 Å². The normalized spacial score (nSPS) is 20.8. The number of carbonyl (C=O) groups is 2. The first-order chi connectivity index (χ1) is 24.7. The monoisotopic (exact) mass is 689 g/mol. The standard InChI is InChI=1S/C38H44BN7O5/c1-20(2)33(44-38(48)50-4)37(47)45-17-21(18-49-3)12-31(45)36-41-28-10-8-22-14-27-25-9-7-23(29-16-40-35(42-29)30-6-5-11-46(30)39)13-24(25)19-51-32(27)15-26(22)34(28)43-36/h7-10,13-16,20-21,30-31,33H,5-6,11-12,17-19,39H2,1-4H3,(H,40,42)(H,41,43)(H,44,48)/t21-,30-,31-,33-/m0/s1. The number of amides is 2. The van der Waals surface area contributed by atoms with E-state index in [2.05, 4.69) is 64.5 Å². The average Bonchev–Trinajstić information content (AvgIpc) is 3.95. The van der Waals surface area contributed by atoms with E-state index in [1.54, 1.807) is 7.11 Å². The van der Waals surface area contributed by atoms with Gasteiger partial charge in [0.05, 0.1) is 48.7 Å².